The Balaban J connectivity index is 2.11. The van der Waals surface area contributed by atoms with Crippen molar-refractivity contribution in [2.45, 2.75) is 6.04 Å². The van der Waals surface area contributed by atoms with Crippen molar-refractivity contribution in [3.63, 3.8) is 0 Å². The van der Waals surface area contributed by atoms with Gasteiger partial charge in [-0.3, -0.25) is 4.79 Å². The van der Waals surface area contributed by atoms with Crippen LogP contribution in [-0.4, -0.2) is 30.0 Å². The molecule has 2 rings (SSSR count). The predicted octanol–water partition coefficient (Wildman–Crippen LogP) is 1.75. The van der Waals surface area contributed by atoms with Crippen LogP contribution in [0.15, 0.2) is 12.1 Å². The Morgan fingerprint density at radius 1 is 1.33 bits per heavy atom. The molecule has 0 spiro atoms. The van der Waals surface area contributed by atoms with Crippen molar-refractivity contribution in [2.24, 2.45) is 0 Å². The Bertz CT molecular complexity index is 441. The van der Waals surface area contributed by atoms with Gasteiger partial charge in [0, 0.05) is 30.2 Å². The second-order valence-electron chi connectivity index (χ2n) is 3.82. The highest BCUT2D eigenvalue weighted by atomic mass is 32.2. The fraction of sp³-hybridized carbons (Fsp3) is 0.364. The molecule has 1 fully saturated rings. The summed E-state index contributed by atoms with van der Waals surface area (Å²) < 4.78 is 39.3. The van der Waals surface area contributed by atoms with E-state index in [1.54, 1.807) is 11.8 Å². The van der Waals surface area contributed by atoms with Crippen molar-refractivity contribution < 1.29 is 18.0 Å². The monoisotopic (exact) mass is 276 g/mol. The third-order valence-electron chi connectivity index (χ3n) is 2.49. The van der Waals surface area contributed by atoms with Crippen LogP contribution in [0.25, 0.3) is 0 Å². The Morgan fingerprint density at radius 3 is 2.56 bits per heavy atom. The van der Waals surface area contributed by atoms with E-state index in [9.17, 15) is 18.0 Å². The Hall–Kier alpha value is -1.21. The molecule has 1 aromatic carbocycles. The van der Waals surface area contributed by atoms with Crippen LogP contribution in [0.2, 0.25) is 0 Å². The van der Waals surface area contributed by atoms with Crippen molar-refractivity contribution in [2.75, 3.05) is 23.4 Å². The summed E-state index contributed by atoms with van der Waals surface area (Å²) in [5.41, 5.74) is -0.612. The van der Waals surface area contributed by atoms with Gasteiger partial charge in [0.2, 0.25) is 5.91 Å². The van der Waals surface area contributed by atoms with Crippen molar-refractivity contribution in [3.05, 3.63) is 29.6 Å². The summed E-state index contributed by atoms with van der Waals surface area (Å²) in [6.07, 6.45) is 0. The number of carbonyl (C=O) groups excluding carboxylic acids is 1. The molecule has 0 bridgehead atoms. The van der Waals surface area contributed by atoms with E-state index in [1.165, 1.54) is 0 Å². The van der Waals surface area contributed by atoms with E-state index in [-0.39, 0.29) is 0 Å². The highest BCUT2D eigenvalue weighted by Crippen LogP contribution is 2.20. The zero-order chi connectivity index (χ0) is 13.1. The molecule has 1 heterocycles. The zero-order valence-corrected chi connectivity index (χ0v) is 10.1. The molecule has 3 nitrogen and oxygen atoms in total. The fourth-order valence-electron chi connectivity index (χ4n) is 1.61. The summed E-state index contributed by atoms with van der Waals surface area (Å²) in [4.78, 5) is 11.7. The maximum absolute atomic E-state index is 13.3. The molecule has 1 aliphatic rings. The molecule has 1 aliphatic heterocycles. The van der Waals surface area contributed by atoms with Gasteiger partial charge in [-0.2, -0.15) is 11.8 Å². The average Bonchev–Trinajstić information content (AvgIpc) is 2.34. The standard InChI is InChI=1S/C11H11F3N2OS/c12-6-3-7(13)10(8(14)4-6)16-11(17)9-5-18-2-1-15-9/h3-4,9,15H,1-2,5H2,(H,16,17). The molecular weight excluding hydrogens is 265 g/mol. The number of amides is 1. The molecule has 0 aromatic heterocycles. The summed E-state index contributed by atoms with van der Waals surface area (Å²) in [7, 11) is 0. The quantitative estimate of drug-likeness (QED) is 0.864. The van der Waals surface area contributed by atoms with E-state index in [1.807, 2.05) is 0 Å². The van der Waals surface area contributed by atoms with Gasteiger partial charge >= 0.3 is 0 Å². The normalized spacial score (nSPS) is 19.6. The van der Waals surface area contributed by atoms with E-state index >= 15 is 0 Å². The first kappa shape index (κ1) is 13.2. The first-order valence-corrected chi connectivity index (χ1v) is 6.50. The number of nitrogens with one attached hydrogen (secondary N) is 2. The molecule has 0 radical (unpaired) electrons. The summed E-state index contributed by atoms with van der Waals surface area (Å²) in [6.45, 7) is 0.664. The van der Waals surface area contributed by atoms with Gasteiger partial charge < -0.3 is 10.6 Å². The summed E-state index contributed by atoms with van der Waals surface area (Å²) in [5, 5.41) is 5.08. The van der Waals surface area contributed by atoms with Crippen LogP contribution in [0, 0.1) is 17.5 Å². The molecule has 0 saturated carbocycles. The van der Waals surface area contributed by atoms with Crippen LogP contribution in [0.1, 0.15) is 0 Å². The molecule has 18 heavy (non-hydrogen) atoms. The van der Waals surface area contributed by atoms with Gasteiger partial charge in [0.15, 0.2) is 11.6 Å². The number of hydrogen-bond acceptors (Lipinski definition) is 3. The maximum Gasteiger partial charge on any atom is 0.242 e. The molecule has 2 N–H and O–H groups in total. The first-order chi connectivity index (χ1) is 8.58. The lowest BCUT2D eigenvalue weighted by Gasteiger charge is -2.22. The minimum Gasteiger partial charge on any atom is -0.320 e. The number of hydrogen-bond donors (Lipinski definition) is 2. The third kappa shape index (κ3) is 2.97. The highest BCUT2D eigenvalue weighted by Gasteiger charge is 2.23. The highest BCUT2D eigenvalue weighted by molar-refractivity contribution is 7.99. The molecule has 1 aromatic rings. The Labute approximate surface area is 106 Å². The topological polar surface area (TPSA) is 41.1 Å². The lowest BCUT2D eigenvalue weighted by molar-refractivity contribution is -0.117. The molecule has 1 unspecified atom stereocenters. The molecule has 0 aliphatic carbocycles. The summed E-state index contributed by atoms with van der Waals surface area (Å²) >= 11 is 1.58. The Morgan fingerprint density at radius 2 is 2.00 bits per heavy atom. The number of halogens is 3. The largest absolute Gasteiger partial charge is 0.320 e. The van der Waals surface area contributed by atoms with Gasteiger partial charge in [-0.25, -0.2) is 13.2 Å². The number of thioether (sulfide) groups is 1. The zero-order valence-electron chi connectivity index (χ0n) is 9.30. The minimum atomic E-state index is -1.12. The number of rotatable bonds is 2. The molecule has 1 saturated heterocycles. The molecule has 7 heteroatoms. The number of benzene rings is 1. The molecule has 98 valence electrons. The molecular formula is C11H11F3N2OS. The summed E-state index contributed by atoms with van der Waals surface area (Å²) in [6, 6.07) is 0.566. The van der Waals surface area contributed by atoms with E-state index in [2.05, 4.69) is 10.6 Å². The molecule has 1 atom stereocenters. The van der Waals surface area contributed by atoms with E-state index in [0.29, 0.717) is 24.4 Å². The van der Waals surface area contributed by atoms with Crippen molar-refractivity contribution in [1.29, 1.82) is 0 Å². The maximum atomic E-state index is 13.3. The second kappa shape index (κ2) is 5.62. The SMILES string of the molecule is O=C(Nc1c(F)cc(F)cc1F)C1CSCCN1. The number of anilines is 1. The van der Waals surface area contributed by atoms with Crippen LogP contribution in [0.4, 0.5) is 18.9 Å². The first-order valence-electron chi connectivity index (χ1n) is 5.34. The van der Waals surface area contributed by atoms with Crippen LogP contribution >= 0.6 is 11.8 Å². The van der Waals surface area contributed by atoms with Crippen LogP contribution < -0.4 is 10.6 Å². The van der Waals surface area contributed by atoms with Crippen molar-refractivity contribution in [1.82, 2.24) is 5.32 Å². The van der Waals surface area contributed by atoms with Gasteiger partial charge in [-0.05, 0) is 0 Å². The summed E-state index contributed by atoms with van der Waals surface area (Å²) in [5.74, 6) is -2.35. The lowest BCUT2D eigenvalue weighted by Crippen LogP contribution is -2.46. The smallest absolute Gasteiger partial charge is 0.242 e. The average molecular weight is 276 g/mol. The van der Waals surface area contributed by atoms with Crippen molar-refractivity contribution >= 4 is 23.4 Å². The third-order valence-corrected chi connectivity index (χ3v) is 3.56. The van der Waals surface area contributed by atoms with Gasteiger partial charge in [0.05, 0.1) is 6.04 Å². The van der Waals surface area contributed by atoms with Crippen LogP contribution in [0.5, 0.6) is 0 Å². The number of carbonyl (C=O) groups is 1. The van der Waals surface area contributed by atoms with Crippen LogP contribution in [-0.2, 0) is 4.79 Å². The molecule has 1 amide bonds. The lowest BCUT2D eigenvalue weighted by atomic mass is 10.2. The second-order valence-corrected chi connectivity index (χ2v) is 4.97. The van der Waals surface area contributed by atoms with Crippen LogP contribution in [0.3, 0.4) is 0 Å². The minimum absolute atomic E-state index is 0.493. The van der Waals surface area contributed by atoms with Gasteiger partial charge in [0.25, 0.3) is 0 Å². The van der Waals surface area contributed by atoms with E-state index in [0.717, 1.165) is 5.75 Å². The van der Waals surface area contributed by atoms with Crippen molar-refractivity contribution in [3.8, 4) is 0 Å². The van der Waals surface area contributed by atoms with E-state index in [4.69, 9.17) is 0 Å². The van der Waals surface area contributed by atoms with Gasteiger partial charge in [0.1, 0.15) is 11.5 Å². The predicted molar refractivity (Wildman–Crippen MR) is 64.1 cm³/mol. The van der Waals surface area contributed by atoms with Gasteiger partial charge in [-0.1, -0.05) is 0 Å². The van der Waals surface area contributed by atoms with E-state index < -0.39 is 35.1 Å². The fourth-order valence-corrected chi connectivity index (χ4v) is 2.54. The van der Waals surface area contributed by atoms with Gasteiger partial charge in [-0.15, -0.1) is 0 Å². The Kier molecular flexibility index (Phi) is 4.13.